The quantitative estimate of drug-likeness (QED) is 0.308. The van der Waals surface area contributed by atoms with E-state index in [9.17, 15) is 9.59 Å². The molecule has 1 fully saturated rings. The lowest BCUT2D eigenvalue weighted by Gasteiger charge is -2.16. The molecule has 3 aromatic rings. The number of rotatable bonds is 7. The van der Waals surface area contributed by atoms with Gasteiger partial charge in [0.1, 0.15) is 0 Å². The summed E-state index contributed by atoms with van der Waals surface area (Å²) in [7, 11) is 1.32. The van der Waals surface area contributed by atoms with Gasteiger partial charge in [0.2, 0.25) is 5.89 Å². The summed E-state index contributed by atoms with van der Waals surface area (Å²) in [6.07, 6.45) is 1.85. The van der Waals surface area contributed by atoms with Gasteiger partial charge in [-0.25, -0.2) is 9.78 Å². The molecule has 31 heavy (non-hydrogen) atoms. The summed E-state index contributed by atoms with van der Waals surface area (Å²) in [4.78, 5) is 34.3. The fourth-order valence-electron chi connectivity index (χ4n) is 3.40. The fraction of sp³-hybridized carbons (Fsp3) is 0.476. The van der Waals surface area contributed by atoms with Crippen molar-refractivity contribution in [3.05, 3.63) is 45.8 Å². The number of carbonyl (C=O) groups is 1. The number of fused-ring (bicyclic) bond motifs is 1. The monoisotopic (exact) mass is 444 g/mol. The number of benzene rings is 1. The van der Waals surface area contributed by atoms with E-state index in [4.69, 9.17) is 14.0 Å². The molecule has 164 valence electrons. The van der Waals surface area contributed by atoms with Crippen molar-refractivity contribution < 1.29 is 18.8 Å². The van der Waals surface area contributed by atoms with Crippen molar-refractivity contribution in [1.29, 1.82) is 0 Å². The maximum Gasteiger partial charge on any atom is 0.337 e. The van der Waals surface area contributed by atoms with Gasteiger partial charge < -0.3 is 14.0 Å². The SMILES string of the molecule is COC(=O)c1ccc2c(=O)n(CC3CCCO3)c(SCc3nc(C(C)C)no3)nc2c1. The molecule has 1 aromatic carbocycles. The van der Waals surface area contributed by atoms with Gasteiger partial charge in [0.15, 0.2) is 11.0 Å². The first-order valence-electron chi connectivity index (χ1n) is 10.2. The zero-order valence-corrected chi connectivity index (χ0v) is 18.5. The van der Waals surface area contributed by atoms with Crippen LogP contribution in [0.15, 0.2) is 32.7 Å². The van der Waals surface area contributed by atoms with Crippen LogP contribution in [0.2, 0.25) is 0 Å². The number of hydrogen-bond acceptors (Lipinski definition) is 9. The molecule has 0 saturated carbocycles. The van der Waals surface area contributed by atoms with Gasteiger partial charge in [-0.2, -0.15) is 4.98 Å². The maximum absolute atomic E-state index is 13.3. The summed E-state index contributed by atoms with van der Waals surface area (Å²) in [5.41, 5.74) is 0.605. The second-order valence-corrected chi connectivity index (χ2v) is 8.60. The summed E-state index contributed by atoms with van der Waals surface area (Å²) in [6, 6.07) is 4.77. The standard InChI is InChI=1S/C21H24N4O5S/c1-12(2)18-23-17(30-24-18)11-31-21-22-16-9-13(20(27)28-3)6-7-15(16)19(26)25(21)10-14-5-4-8-29-14/h6-7,9,12,14H,4-5,8,10-11H2,1-3H3. The Morgan fingerprint density at radius 3 is 2.87 bits per heavy atom. The molecule has 0 bridgehead atoms. The zero-order chi connectivity index (χ0) is 22.0. The predicted octanol–water partition coefficient (Wildman–Crippen LogP) is 3.16. The van der Waals surface area contributed by atoms with Crippen LogP contribution < -0.4 is 5.56 Å². The second-order valence-electron chi connectivity index (χ2n) is 7.66. The van der Waals surface area contributed by atoms with Crippen LogP contribution in [0, 0.1) is 0 Å². The van der Waals surface area contributed by atoms with Crippen LogP contribution >= 0.6 is 11.8 Å². The first-order valence-corrected chi connectivity index (χ1v) is 11.1. The molecule has 4 rings (SSSR count). The Morgan fingerprint density at radius 2 is 2.19 bits per heavy atom. The topological polar surface area (TPSA) is 109 Å². The molecule has 1 unspecified atom stereocenters. The summed E-state index contributed by atoms with van der Waals surface area (Å²) in [5.74, 6) is 1.17. The van der Waals surface area contributed by atoms with E-state index in [0.717, 1.165) is 12.8 Å². The van der Waals surface area contributed by atoms with E-state index in [1.165, 1.54) is 18.9 Å². The third-order valence-corrected chi connectivity index (χ3v) is 6.04. The summed E-state index contributed by atoms with van der Waals surface area (Å²) >= 11 is 1.34. The van der Waals surface area contributed by atoms with Crippen LogP contribution in [0.25, 0.3) is 10.9 Å². The number of methoxy groups -OCH3 is 1. The number of esters is 1. The highest BCUT2D eigenvalue weighted by Gasteiger charge is 2.21. The lowest BCUT2D eigenvalue weighted by Crippen LogP contribution is -2.29. The highest BCUT2D eigenvalue weighted by molar-refractivity contribution is 7.98. The third-order valence-electron chi connectivity index (χ3n) is 5.08. The molecule has 2 aromatic heterocycles. The molecule has 3 heterocycles. The van der Waals surface area contributed by atoms with Gasteiger partial charge in [-0.05, 0) is 31.0 Å². The Labute approximate surface area is 183 Å². The van der Waals surface area contributed by atoms with Crippen LogP contribution in [-0.2, 0) is 21.8 Å². The second kappa shape index (κ2) is 9.19. The molecule has 0 amide bonds. The summed E-state index contributed by atoms with van der Waals surface area (Å²) in [5, 5.41) is 4.93. The molecular formula is C21H24N4O5S. The highest BCUT2D eigenvalue weighted by atomic mass is 32.2. The molecule has 1 atom stereocenters. The van der Waals surface area contributed by atoms with Crippen LogP contribution in [0.1, 0.15) is 54.7 Å². The van der Waals surface area contributed by atoms with Crippen molar-refractivity contribution in [3.63, 3.8) is 0 Å². The fourth-order valence-corrected chi connectivity index (χ4v) is 4.24. The van der Waals surface area contributed by atoms with Gasteiger partial charge >= 0.3 is 5.97 Å². The van der Waals surface area contributed by atoms with Gasteiger partial charge in [0.25, 0.3) is 5.56 Å². The molecule has 1 aliphatic heterocycles. The van der Waals surface area contributed by atoms with E-state index in [2.05, 4.69) is 15.1 Å². The van der Waals surface area contributed by atoms with E-state index >= 15 is 0 Å². The number of ether oxygens (including phenoxy) is 2. The molecule has 10 heteroatoms. The Hall–Kier alpha value is -2.72. The van der Waals surface area contributed by atoms with E-state index < -0.39 is 5.97 Å². The number of carbonyl (C=O) groups excluding carboxylic acids is 1. The molecule has 0 radical (unpaired) electrons. The zero-order valence-electron chi connectivity index (χ0n) is 17.7. The van der Waals surface area contributed by atoms with Gasteiger partial charge in [-0.3, -0.25) is 9.36 Å². The smallest absolute Gasteiger partial charge is 0.337 e. The van der Waals surface area contributed by atoms with Crippen LogP contribution in [-0.4, -0.2) is 45.5 Å². The molecule has 9 nitrogen and oxygen atoms in total. The minimum absolute atomic E-state index is 0.0263. The first kappa shape index (κ1) is 21.5. The van der Waals surface area contributed by atoms with E-state index in [1.54, 1.807) is 22.8 Å². The van der Waals surface area contributed by atoms with Crippen molar-refractivity contribution in [3.8, 4) is 0 Å². The molecule has 0 spiro atoms. The predicted molar refractivity (Wildman–Crippen MR) is 114 cm³/mol. The first-order chi connectivity index (χ1) is 15.0. The molecule has 1 saturated heterocycles. The van der Waals surface area contributed by atoms with E-state index in [1.807, 2.05) is 13.8 Å². The summed E-state index contributed by atoms with van der Waals surface area (Å²) in [6.45, 7) is 5.10. The van der Waals surface area contributed by atoms with Gasteiger partial charge in [-0.1, -0.05) is 30.8 Å². The van der Waals surface area contributed by atoms with Crippen molar-refractivity contribution in [2.75, 3.05) is 13.7 Å². The van der Waals surface area contributed by atoms with Crippen molar-refractivity contribution in [2.24, 2.45) is 0 Å². The average Bonchev–Trinajstić information content (AvgIpc) is 3.45. The number of nitrogens with zero attached hydrogens (tertiary/aromatic N) is 4. The lowest BCUT2D eigenvalue weighted by atomic mass is 10.1. The normalized spacial score (nSPS) is 16.3. The molecule has 0 aliphatic carbocycles. The van der Waals surface area contributed by atoms with Gasteiger partial charge in [-0.15, -0.1) is 0 Å². The van der Waals surface area contributed by atoms with E-state index in [0.29, 0.717) is 52.2 Å². The summed E-state index contributed by atoms with van der Waals surface area (Å²) < 4.78 is 17.5. The van der Waals surface area contributed by atoms with Crippen LogP contribution in [0.4, 0.5) is 0 Å². The molecule has 0 N–H and O–H groups in total. The van der Waals surface area contributed by atoms with Gasteiger partial charge in [0.05, 0.1) is 42.0 Å². The number of thioether (sulfide) groups is 1. The van der Waals surface area contributed by atoms with Gasteiger partial charge in [0, 0.05) is 12.5 Å². The number of aromatic nitrogens is 4. The minimum atomic E-state index is -0.478. The Morgan fingerprint density at radius 1 is 1.35 bits per heavy atom. The van der Waals surface area contributed by atoms with Crippen molar-refractivity contribution in [1.82, 2.24) is 19.7 Å². The average molecular weight is 445 g/mol. The Kier molecular flexibility index (Phi) is 6.38. The van der Waals surface area contributed by atoms with Crippen molar-refractivity contribution in [2.45, 2.75) is 56.2 Å². The maximum atomic E-state index is 13.3. The van der Waals surface area contributed by atoms with Crippen LogP contribution in [0.3, 0.4) is 0 Å². The largest absolute Gasteiger partial charge is 0.465 e. The van der Waals surface area contributed by atoms with E-state index in [-0.39, 0.29) is 17.6 Å². The Bertz CT molecular complexity index is 1150. The minimum Gasteiger partial charge on any atom is -0.465 e. The Balaban J connectivity index is 1.71. The van der Waals surface area contributed by atoms with Crippen LogP contribution in [0.5, 0.6) is 0 Å². The lowest BCUT2D eigenvalue weighted by molar-refractivity contribution is 0.0601. The highest BCUT2D eigenvalue weighted by Crippen LogP contribution is 2.24. The van der Waals surface area contributed by atoms with Crippen molar-refractivity contribution >= 4 is 28.6 Å². The molecule has 1 aliphatic rings. The third kappa shape index (κ3) is 4.64. The number of hydrogen-bond donors (Lipinski definition) is 0. The molecular weight excluding hydrogens is 420 g/mol.